The number of carbonyl (C=O) groups excluding carboxylic acids is 2. The summed E-state index contributed by atoms with van der Waals surface area (Å²) in [6.45, 7) is 3.47. The molecule has 0 unspecified atom stereocenters. The molecule has 0 radical (unpaired) electrons. The van der Waals surface area contributed by atoms with Crippen molar-refractivity contribution in [3.8, 4) is 0 Å². The first-order valence-electron chi connectivity index (χ1n) is 10.5. The Morgan fingerprint density at radius 1 is 0.727 bits per heavy atom. The standard InChI is InChI=1S/C24H32N6O2S/c1-17(23(31)27-25-15-19-7-11-21(12-8-19)29(3)4)33-18(2)24(32)28-26-16-20-9-13-22(14-10-20)30(5)6/h7-18H,1-6H3,(H,27,31)(H,28,32)/b25-15-,26-16-/t17-,18-/m0/s1. The summed E-state index contributed by atoms with van der Waals surface area (Å²) in [6.07, 6.45) is 3.18. The fraction of sp³-hybridized carbons (Fsp3) is 0.333. The SMILES string of the molecule is C[C@H](S[C@@H](C)C(=O)N/N=C\c1ccc(N(C)C)cc1)C(=O)N/N=C\c1ccc(N(C)C)cc1. The van der Waals surface area contributed by atoms with E-state index < -0.39 is 10.5 Å². The Morgan fingerprint density at radius 3 is 1.36 bits per heavy atom. The molecule has 0 aliphatic carbocycles. The number of hydrazone groups is 2. The summed E-state index contributed by atoms with van der Waals surface area (Å²) in [5.74, 6) is -0.546. The number of hydrogen-bond donors (Lipinski definition) is 2. The first kappa shape index (κ1) is 25.9. The van der Waals surface area contributed by atoms with Crippen LogP contribution >= 0.6 is 11.8 Å². The van der Waals surface area contributed by atoms with E-state index in [2.05, 4.69) is 21.1 Å². The maximum absolute atomic E-state index is 12.3. The van der Waals surface area contributed by atoms with Crippen LogP contribution in [0.1, 0.15) is 25.0 Å². The van der Waals surface area contributed by atoms with Gasteiger partial charge in [0.2, 0.25) is 0 Å². The number of anilines is 2. The van der Waals surface area contributed by atoms with Crippen molar-refractivity contribution in [2.45, 2.75) is 24.3 Å². The van der Waals surface area contributed by atoms with E-state index in [0.29, 0.717) is 0 Å². The molecule has 0 saturated carbocycles. The maximum Gasteiger partial charge on any atom is 0.252 e. The Bertz CT molecular complexity index is 892. The van der Waals surface area contributed by atoms with Gasteiger partial charge in [0.25, 0.3) is 11.8 Å². The van der Waals surface area contributed by atoms with Gasteiger partial charge in [-0.3, -0.25) is 9.59 Å². The monoisotopic (exact) mass is 468 g/mol. The molecule has 0 heterocycles. The van der Waals surface area contributed by atoms with Crippen molar-refractivity contribution in [1.29, 1.82) is 0 Å². The van der Waals surface area contributed by atoms with Gasteiger partial charge < -0.3 is 9.80 Å². The highest BCUT2D eigenvalue weighted by molar-refractivity contribution is 8.01. The van der Waals surface area contributed by atoms with Crippen LogP contribution in [0.2, 0.25) is 0 Å². The lowest BCUT2D eigenvalue weighted by Crippen LogP contribution is -2.33. The van der Waals surface area contributed by atoms with Gasteiger partial charge in [-0.1, -0.05) is 24.3 Å². The molecule has 2 atom stereocenters. The lowest BCUT2D eigenvalue weighted by atomic mass is 10.2. The van der Waals surface area contributed by atoms with Crippen molar-refractivity contribution in [3.63, 3.8) is 0 Å². The molecule has 2 rings (SSSR count). The summed E-state index contributed by atoms with van der Waals surface area (Å²) in [4.78, 5) is 28.6. The quantitative estimate of drug-likeness (QED) is 0.413. The second-order valence-corrected chi connectivity index (χ2v) is 9.55. The molecule has 0 aliphatic rings. The van der Waals surface area contributed by atoms with E-state index in [9.17, 15) is 9.59 Å². The molecule has 9 heteroatoms. The van der Waals surface area contributed by atoms with Gasteiger partial charge in [0.1, 0.15) is 0 Å². The molecule has 0 fully saturated rings. The van der Waals surface area contributed by atoms with Crippen LogP contribution in [0, 0.1) is 0 Å². The van der Waals surface area contributed by atoms with E-state index in [4.69, 9.17) is 0 Å². The fourth-order valence-corrected chi connectivity index (χ4v) is 3.63. The van der Waals surface area contributed by atoms with Crippen molar-refractivity contribution >= 4 is 47.4 Å². The highest BCUT2D eigenvalue weighted by atomic mass is 32.2. The Hall–Kier alpha value is -3.33. The van der Waals surface area contributed by atoms with Gasteiger partial charge in [0, 0.05) is 39.6 Å². The molecule has 33 heavy (non-hydrogen) atoms. The number of hydrogen-bond acceptors (Lipinski definition) is 7. The van der Waals surface area contributed by atoms with Crippen molar-refractivity contribution in [2.24, 2.45) is 10.2 Å². The number of thioether (sulfide) groups is 1. The van der Waals surface area contributed by atoms with Crippen LogP contribution in [-0.4, -0.2) is 62.9 Å². The van der Waals surface area contributed by atoms with Crippen LogP contribution in [0.15, 0.2) is 58.7 Å². The summed E-state index contributed by atoms with van der Waals surface area (Å²) in [7, 11) is 7.89. The fourth-order valence-electron chi connectivity index (χ4n) is 2.67. The van der Waals surface area contributed by atoms with E-state index in [1.807, 2.05) is 86.5 Å². The van der Waals surface area contributed by atoms with Crippen molar-refractivity contribution < 1.29 is 9.59 Å². The molecule has 2 amide bonds. The first-order chi connectivity index (χ1) is 15.7. The lowest BCUT2D eigenvalue weighted by Gasteiger charge is -2.14. The molecule has 176 valence electrons. The zero-order chi connectivity index (χ0) is 24.4. The smallest absolute Gasteiger partial charge is 0.252 e. The number of nitrogens with one attached hydrogen (secondary N) is 2. The number of amides is 2. The number of benzene rings is 2. The van der Waals surface area contributed by atoms with Crippen LogP contribution in [0.5, 0.6) is 0 Å². The van der Waals surface area contributed by atoms with Crippen LogP contribution in [0.4, 0.5) is 11.4 Å². The molecule has 2 aromatic carbocycles. The molecule has 2 aromatic rings. The largest absolute Gasteiger partial charge is 0.378 e. The lowest BCUT2D eigenvalue weighted by molar-refractivity contribution is -0.120. The predicted molar refractivity (Wildman–Crippen MR) is 140 cm³/mol. The summed E-state index contributed by atoms with van der Waals surface area (Å²) in [5, 5.41) is 7.11. The Labute approximate surface area is 200 Å². The van der Waals surface area contributed by atoms with Gasteiger partial charge in [-0.15, -0.1) is 11.8 Å². The van der Waals surface area contributed by atoms with Gasteiger partial charge in [-0.2, -0.15) is 10.2 Å². The zero-order valence-corrected chi connectivity index (χ0v) is 20.8. The number of rotatable bonds is 10. The van der Waals surface area contributed by atoms with Gasteiger partial charge in [0.05, 0.1) is 22.9 Å². The van der Waals surface area contributed by atoms with Gasteiger partial charge >= 0.3 is 0 Å². The third-order valence-electron chi connectivity index (χ3n) is 4.74. The Balaban J connectivity index is 1.77. The third-order valence-corrected chi connectivity index (χ3v) is 5.99. The van der Waals surface area contributed by atoms with Crippen LogP contribution in [0.25, 0.3) is 0 Å². The van der Waals surface area contributed by atoms with Crippen molar-refractivity contribution in [2.75, 3.05) is 38.0 Å². The Morgan fingerprint density at radius 2 is 1.06 bits per heavy atom. The number of nitrogens with zero attached hydrogens (tertiary/aromatic N) is 4. The molecule has 2 N–H and O–H groups in total. The minimum atomic E-state index is -0.457. The summed E-state index contributed by atoms with van der Waals surface area (Å²) in [5.41, 5.74) is 8.97. The second kappa shape index (κ2) is 12.6. The van der Waals surface area contributed by atoms with E-state index in [0.717, 1.165) is 22.5 Å². The molecular formula is C24H32N6O2S. The van der Waals surface area contributed by atoms with E-state index in [1.165, 1.54) is 11.8 Å². The zero-order valence-electron chi connectivity index (χ0n) is 19.9. The second-order valence-electron chi connectivity index (χ2n) is 7.86. The average molecular weight is 469 g/mol. The normalized spacial score (nSPS) is 13.0. The van der Waals surface area contributed by atoms with Gasteiger partial charge in [0.15, 0.2) is 0 Å². The molecular weight excluding hydrogens is 436 g/mol. The highest BCUT2D eigenvalue weighted by Gasteiger charge is 2.21. The summed E-state index contributed by atoms with van der Waals surface area (Å²) in [6, 6.07) is 15.6. The van der Waals surface area contributed by atoms with E-state index in [-0.39, 0.29) is 11.8 Å². The molecule has 0 saturated heterocycles. The predicted octanol–water partition coefficient (Wildman–Crippen LogP) is 2.93. The molecule has 0 aromatic heterocycles. The minimum absolute atomic E-state index is 0.273. The van der Waals surface area contributed by atoms with Crippen LogP contribution < -0.4 is 20.7 Å². The Kier molecular flexibility index (Phi) is 9.93. The highest BCUT2D eigenvalue weighted by Crippen LogP contribution is 2.18. The molecule has 0 spiro atoms. The first-order valence-corrected chi connectivity index (χ1v) is 11.5. The number of carbonyl (C=O) groups is 2. The molecule has 0 aliphatic heterocycles. The minimum Gasteiger partial charge on any atom is -0.378 e. The third kappa shape index (κ3) is 8.61. The maximum atomic E-state index is 12.3. The van der Waals surface area contributed by atoms with Crippen LogP contribution in [0.3, 0.4) is 0 Å². The van der Waals surface area contributed by atoms with E-state index >= 15 is 0 Å². The summed E-state index contributed by atoms with van der Waals surface area (Å²) >= 11 is 1.24. The van der Waals surface area contributed by atoms with Crippen molar-refractivity contribution in [3.05, 3.63) is 59.7 Å². The van der Waals surface area contributed by atoms with Crippen LogP contribution in [-0.2, 0) is 9.59 Å². The average Bonchev–Trinajstić information content (AvgIpc) is 2.79. The van der Waals surface area contributed by atoms with Gasteiger partial charge in [-0.25, -0.2) is 10.9 Å². The van der Waals surface area contributed by atoms with E-state index in [1.54, 1.807) is 26.3 Å². The van der Waals surface area contributed by atoms with Gasteiger partial charge in [-0.05, 0) is 49.2 Å². The topological polar surface area (TPSA) is 89.4 Å². The molecule has 8 nitrogen and oxygen atoms in total. The molecule has 0 bridgehead atoms. The summed E-state index contributed by atoms with van der Waals surface area (Å²) < 4.78 is 0. The van der Waals surface area contributed by atoms with Crippen molar-refractivity contribution in [1.82, 2.24) is 10.9 Å².